The van der Waals surface area contributed by atoms with Crippen molar-refractivity contribution in [2.45, 2.75) is 127 Å². The van der Waals surface area contributed by atoms with E-state index in [1.807, 2.05) is 60.7 Å². The molecule has 0 bridgehead atoms. The van der Waals surface area contributed by atoms with Gasteiger partial charge in [-0.25, -0.2) is 19.3 Å². The van der Waals surface area contributed by atoms with Gasteiger partial charge in [0.05, 0.1) is 77.8 Å². The molecular formula is C58H60N4O19P2. The smallest absolute Gasteiger partial charge is 0.462 e. The van der Waals surface area contributed by atoms with Gasteiger partial charge in [-0.05, 0) is 89.1 Å². The first-order valence-corrected chi connectivity index (χ1v) is 29.8. The Morgan fingerprint density at radius 1 is 0.687 bits per heavy atom. The Bertz CT molecular complexity index is 3790. The number of carbonyl (C=O) groups excluding carboxylic acids is 6. The van der Waals surface area contributed by atoms with Crippen molar-refractivity contribution in [2.24, 2.45) is 0 Å². The number of rotatable bonds is 25. The maximum Gasteiger partial charge on any atom is 0.472 e. The Kier molecular flexibility index (Phi) is 17.3. The summed E-state index contributed by atoms with van der Waals surface area (Å²) in [4.78, 5) is 128. The van der Waals surface area contributed by atoms with Crippen LogP contribution in [0.5, 0.6) is 0 Å². The van der Waals surface area contributed by atoms with Gasteiger partial charge >= 0.3 is 37.7 Å². The Labute approximate surface area is 475 Å². The number of cyclic esters (lactones) is 2. The molecule has 2 aromatic carbocycles. The number of hydrogen-bond donors (Lipinski definition) is 3. The molecule has 0 radical (unpaired) electrons. The molecule has 0 saturated carbocycles. The van der Waals surface area contributed by atoms with Gasteiger partial charge < -0.3 is 47.9 Å². The van der Waals surface area contributed by atoms with Gasteiger partial charge in [0.1, 0.15) is 31.1 Å². The van der Waals surface area contributed by atoms with Crippen LogP contribution in [0.15, 0.2) is 82.4 Å². The topological polar surface area (TPSA) is 315 Å². The number of aliphatic hydroxyl groups excluding tert-OH is 2. The number of aliphatic hydroxyl groups is 2. The number of pyridine rings is 4. The molecule has 0 spiro atoms. The summed E-state index contributed by atoms with van der Waals surface area (Å²) < 4.78 is 53.2. The molecule has 25 heteroatoms. The van der Waals surface area contributed by atoms with E-state index in [-0.39, 0.29) is 106 Å². The van der Waals surface area contributed by atoms with Crippen molar-refractivity contribution < 1.29 is 81.2 Å². The monoisotopic (exact) mass is 1180 g/mol. The van der Waals surface area contributed by atoms with Crippen molar-refractivity contribution in [3.05, 3.63) is 127 Å². The molecule has 6 aromatic rings. The molecule has 23 nitrogen and oxygen atoms in total. The van der Waals surface area contributed by atoms with Gasteiger partial charge in [0, 0.05) is 53.1 Å². The van der Waals surface area contributed by atoms with Crippen LogP contribution in [-0.4, -0.2) is 108 Å². The average Bonchev–Trinajstić information content (AvgIpc) is 3.19. The molecule has 10 rings (SSSR count). The number of fused-ring (bicyclic) bond motifs is 10. The molecule has 0 amide bonds. The second-order valence-corrected chi connectivity index (χ2v) is 23.8. The largest absolute Gasteiger partial charge is 0.472 e. The molecule has 0 aliphatic carbocycles. The minimum absolute atomic E-state index is 0.0442. The summed E-state index contributed by atoms with van der Waals surface area (Å²) in [6, 6.07) is 22.5. The number of carbonyl (C=O) groups is 6. The summed E-state index contributed by atoms with van der Waals surface area (Å²) in [5, 5.41) is 19.1. The van der Waals surface area contributed by atoms with Crippen molar-refractivity contribution in [3.63, 3.8) is 0 Å². The summed E-state index contributed by atoms with van der Waals surface area (Å²) >= 11 is 0. The number of phosphoric ester groups is 1. The molecule has 8 heterocycles. The Balaban J connectivity index is 0.722. The third kappa shape index (κ3) is 11.9. The number of hydrogen-bond acceptors (Lipinski definition) is 20. The van der Waals surface area contributed by atoms with Gasteiger partial charge in [-0.2, -0.15) is 0 Å². The standard InChI is InChI=1S/C58H60N4O19P2/c1-3-57(41-23-45-51-35(21-33-13-5-7-15-43(33)59-51)25-61(45)53(69)39(41)31-76-55(57)71)81-49(67)19-10-9-17-47(65)75-29-38(30-79-83(73,74)78-28-37(64)27-63)80-48(66)18-11-12-20-50(68)82-58(4-2)42-24-46-52-36(22-34-14-6-8-16-44(34)60-52)26-62(46)54(70)40(42)32-77-56(58)72/h5-8,13-16,21-24,37-38,63-64,82H,3-4,9-12,17-20,25-32H2,1-2H3,(H,73,74)/t37?,38?,57-,58+/m0/s1. The van der Waals surface area contributed by atoms with Crippen LogP contribution in [0.4, 0.5) is 0 Å². The molecule has 3 N–H and O–H groups in total. The van der Waals surface area contributed by atoms with Gasteiger partial charge in [-0.1, -0.05) is 50.2 Å². The van der Waals surface area contributed by atoms with E-state index in [1.165, 1.54) is 0 Å². The zero-order valence-corrected chi connectivity index (χ0v) is 47.3. The first kappa shape index (κ1) is 58.8. The number of unbranched alkanes of at least 4 members (excludes halogenated alkanes) is 2. The third-order valence-electron chi connectivity index (χ3n) is 15.3. The number of esters is 5. The van der Waals surface area contributed by atoms with Crippen molar-refractivity contribution in [3.8, 4) is 22.8 Å². The minimum atomic E-state index is -4.91. The van der Waals surface area contributed by atoms with Crippen LogP contribution in [0.1, 0.15) is 111 Å². The SMILES string of the molecule is CC[C@]1(PC(=O)CCCCC(=O)OC(COC(=O)CCCCC(=O)O[C@]2(CC)C(=O)OCc3c2cc2n(c3=O)Cc3cc4ccccc4nc3-2)COP(=O)(O)OCC(O)CO)C(=O)OCc2c1cc1n(c2=O)Cc2cc3ccccc3nc2-1. The molecular weight excluding hydrogens is 1120 g/mol. The van der Waals surface area contributed by atoms with E-state index in [0.717, 1.165) is 32.9 Å². The molecule has 4 aliphatic rings. The lowest BCUT2D eigenvalue weighted by atomic mass is 9.85. The maximum absolute atomic E-state index is 14.0. The van der Waals surface area contributed by atoms with Gasteiger partial charge in [0.25, 0.3) is 11.1 Å². The van der Waals surface area contributed by atoms with Crippen LogP contribution < -0.4 is 11.1 Å². The summed E-state index contributed by atoms with van der Waals surface area (Å²) in [5.74, 6) is -3.90. The van der Waals surface area contributed by atoms with Crippen LogP contribution in [0.3, 0.4) is 0 Å². The Hall–Kier alpha value is -7.36. The van der Waals surface area contributed by atoms with E-state index in [1.54, 1.807) is 35.1 Å². The van der Waals surface area contributed by atoms with Crippen LogP contribution in [-0.2, 0) is 103 Å². The fourth-order valence-electron chi connectivity index (χ4n) is 10.9. The first-order valence-electron chi connectivity index (χ1n) is 27.3. The van der Waals surface area contributed by atoms with Gasteiger partial charge in [0.2, 0.25) is 5.60 Å². The summed E-state index contributed by atoms with van der Waals surface area (Å²) in [7, 11) is -5.52. The number of benzene rings is 2. The zero-order chi connectivity index (χ0) is 58.8. The minimum Gasteiger partial charge on any atom is -0.462 e. The second-order valence-electron chi connectivity index (χ2n) is 20.7. The summed E-state index contributed by atoms with van der Waals surface area (Å²) in [5.41, 5.74) is 3.55. The number of ether oxygens (including phenoxy) is 5. The fraction of sp³-hybridized carbons (Fsp3) is 0.414. The molecule has 83 heavy (non-hydrogen) atoms. The molecule has 436 valence electrons. The molecule has 4 aromatic heterocycles. The van der Waals surface area contributed by atoms with E-state index in [0.29, 0.717) is 40.4 Å². The van der Waals surface area contributed by atoms with Gasteiger partial charge in [-0.3, -0.25) is 42.6 Å². The number of aromatic nitrogens is 4. The van der Waals surface area contributed by atoms with Crippen molar-refractivity contribution in [2.75, 3.05) is 26.4 Å². The van der Waals surface area contributed by atoms with E-state index < -0.39 is 101 Å². The van der Waals surface area contributed by atoms with Gasteiger partial charge in [0.15, 0.2) is 11.6 Å². The van der Waals surface area contributed by atoms with Crippen LogP contribution >= 0.6 is 16.4 Å². The molecule has 6 atom stereocenters. The number of para-hydroxylation sites is 2. The maximum atomic E-state index is 14.0. The van der Waals surface area contributed by atoms with Crippen LogP contribution in [0.25, 0.3) is 44.6 Å². The quantitative estimate of drug-likeness (QED) is 0.0256. The lowest BCUT2D eigenvalue weighted by Gasteiger charge is -2.36. The third-order valence-corrected chi connectivity index (χ3v) is 18.1. The molecule has 4 aliphatic heterocycles. The van der Waals surface area contributed by atoms with Crippen molar-refractivity contribution >= 4 is 73.6 Å². The number of nitrogens with zero attached hydrogens (tertiary/aromatic N) is 4. The molecule has 4 unspecified atom stereocenters. The summed E-state index contributed by atoms with van der Waals surface area (Å²) in [6.45, 7) is 0.346. The van der Waals surface area contributed by atoms with Gasteiger partial charge in [-0.15, -0.1) is 0 Å². The predicted octanol–water partition coefficient (Wildman–Crippen LogP) is 6.00. The highest BCUT2D eigenvalue weighted by atomic mass is 31.2. The van der Waals surface area contributed by atoms with Crippen molar-refractivity contribution in [1.82, 2.24) is 19.1 Å². The Morgan fingerprint density at radius 2 is 1.22 bits per heavy atom. The summed E-state index contributed by atoms with van der Waals surface area (Å²) in [6.07, 6.45) is -3.18. The normalized spacial score (nSPS) is 18.9. The highest BCUT2D eigenvalue weighted by Gasteiger charge is 2.51. The van der Waals surface area contributed by atoms with Crippen molar-refractivity contribution in [1.29, 1.82) is 0 Å². The zero-order valence-electron chi connectivity index (χ0n) is 45.4. The highest BCUT2D eigenvalue weighted by Crippen LogP contribution is 2.51. The van der Waals surface area contributed by atoms with E-state index in [2.05, 4.69) is 0 Å². The Morgan fingerprint density at radius 3 is 1.81 bits per heavy atom. The van der Waals surface area contributed by atoms with Crippen LogP contribution in [0, 0.1) is 0 Å². The van der Waals surface area contributed by atoms with E-state index in [9.17, 15) is 52.9 Å². The van der Waals surface area contributed by atoms with E-state index >= 15 is 0 Å². The second kappa shape index (κ2) is 24.5. The van der Waals surface area contributed by atoms with E-state index in [4.69, 9.17) is 47.8 Å². The molecule has 0 fully saturated rings. The lowest BCUT2D eigenvalue weighted by molar-refractivity contribution is -0.189. The fourth-order valence-corrected chi connectivity index (χ4v) is 13.2. The lowest BCUT2D eigenvalue weighted by Crippen LogP contribution is -2.47. The average molecular weight is 1180 g/mol. The van der Waals surface area contributed by atoms with Crippen LogP contribution in [0.2, 0.25) is 0 Å². The number of phosphoric acid groups is 1. The predicted molar refractivity (Wildman–Crippen MR) is 297 cm³/mol. The molecule has 0 saturated heterocycles. The highest BCUT2D eigenvalue weighted by molar-refractivity contribution is 7.60. The first-order chi connectivity index (χ1) is 39.9.